The number of aromatic nitrogens is 3. The molecular weight excluding hydrogens is 299 g/mol. The molecule has 1 N–H and O–H groups in total. The van der Waals surface area contributed by atoms with Crippen molar-refractivity contribution in [2.75, 3.05) is 31.2 Å². The van der Waals surface area contributed by atoms with Crippen LogP contribution in [-0.4, -0.2) is 52.5 Å². The Kier molecular flexibility index (Phi) is 3.88. The van der Waals surface area contributed by atoms with Crippen LogP contribution >= 0.6 is 11.6 Å². The topological polar surface area (TPSA) is 71.4 Å². The van der Waals surface area contributed by atoms with Gasteiger partial charge in [0, 0.05) is 19.3 Å². The lowest BCUT2D eigenvalue weighted by molar-refractivity contribution is 0.0597. The molecule has 1 aliphatic heterocycles. The Hall–Kier alpha value is -1.57. The van der Waals surface area contributed by atoms with Gasteiger partial charge in [-0.15, -0.1) is 0 Å². The van der Waals surface area contributed by atoms with E-state index in [9.17, 15) is 9.50 Å². The maximum atomic E-state index is 14.1. The monoisotopic (exact) mass is 312 g/mol. The first kappa shape index (κ1) is 14.4. The molecule has 3 rings (SSSR count). The molecule has 2 aromatic heterocycles. The average molecular weight is 313 g/mol. The highest BCUT2D eigenvalue weighted by molar-refractivity contribution is 6.30. The molecule has 0 aromatic carbocycles. The summed E-state index contributed by atoms with van der Waals surface area (Å²) in [6, 6.07) is 0. The van der Waals surface area contributed by atoms with E-state index in [-0.39, 0.29) is 17.3 Å². The number of aliphatic hydroxyl groups excluding tert-OH is 1. The van der Waals surface area contributed by atoms with Gasteiger partial charge in [-0.3, -0.25) is 0 Å². The zero-order valence-corrected chi connectivity index (χ0v) is 12.1. The van der Waals surface area contributed by atoms with E-state index in [0.29, 0.717) is 36.7 Å². The zero-order valence-electron chi connectivity index (χ0n) is 11.4. The molecule has 1 atom stereocenters. The van der Waals surface area contributed by atoms with Crippen molar-refractivity contribution in [3.05, 3.63) is 23.0 Å². The van der Waals surface area contributed by atoms with Gasteiger partial charge in [-0.05, 0) is 6.92 Å². The van der Waals surface area contributed by atoms with E-state index in [4.69, 9.17) is 16.3 Å². The van der Waals surface area contributed by atoms with Gasteiger partial charge in [-0.25, -0.2) is 19.3 Å². The molecule has 1 aliphatic rings. The standard InChI is InChI=1S/C13H14ClFN4O2/c1-7-17-11-9(4-16-12(14)10(11)15)13(18-7)19-2-3-21-6-8(20)5-19/h4,8,20H,2-3,5-6H2,1H3. The molecule has 0 saturated carbocycles. The van der Waals surface area contributed by atoms with Gasteiger partial charge < -0.3 is 14.7 Å². The number of ether oxygens (including phenoxy) is 1. The van der Waals surface area contributed by atoms with E-state index in [1.54, 1.807) is 6.92 Å². The molecule has 21 heavy (non-hydrogen) atoms. The van der Waals surface area contributed by atoms with Gasteiger partial charge in [-0.1, -0.05) is 11.6 Å². The predicted molar refractivity (Wildman–Crippen MR) is 76.1 cm³/mol. The number of hydrogen-bond acceptors (Lipinski definition) is 6. The van der Waals surface area contributed by atoms with Crippen LogP contribution < -0.4 is 4.90 Å². The van der Waals surface area contributed by atoms with Crippen LogP contribution in [0.3, 0.4) is 0 Å². The second-order valence-corrected chi connectivity index (χ2v) is 5.25. The molecule has 2 aromatic rings. The van der Waals surface area contributed by atoms with E-state index in [0.717, 1.165) is 0 Å². The number of halogens is 2. The third-order valence-corrected chi connectivity index (χ3v) is 3.54. The van der Waals surface area contributed by atoms with Gasteiger partial charge in [0.05, 0.1) is 24.7 Å². The van der Waals surface area contributed by atoms with Crippen LogP contribution in [-0.2, 0) is 4.74 Å². The minimum Gasteiger partial charge on any atom is -0.389 e. The Balaban J connectivity index is 2.15. The first-order valence-electron chi connectivity index (χ1n) is 6.55. The van der Waals surface area contributed by atoms with Crippen molar-refractivity contribution in [1.82, 2.24) is 15.0 Å². The number of rotatable bonds is 1. The van der Waals surface area contributed by atoms with Crippen molar-refractivity contribution in [3.8, 4) is 0 Å². The minimum absolute atomic E-state index is 0.136. The van der Waals surface area contributed by atoms with Crippen molar-refractivity contribution in [3.63, 3.8) is 0 Å². The van der Waals surface area contributed by atoms with Crippen LogP contribution in [0.2, 0.25) is 5.15 Å². The van der Waals surface area contributed by atoms with Gasteiger partial charge in [0.1, 0.15) is 17.2 Å². The summed E-state index contributed by atoms with van der Waals surface area (Å²) in [4.78, 5) is 14.1. The molecule has 0 radical (unpaired) electrons. The summed E-state index contributed by atoms with van der Waals surface area (Å²) in [5, 5.41) is 10.1. The Morgan fingerprint density at radius 1 is 1.48 bits per heavy atom. The fourth-order valence-corrected chi connectivity index (χ4v) is 2.49. The summed E-state index contributed by atoms with van der Waals surface area (Å²) < 4.78 is 19.4. The summed E-state index contributed by atoms with van der Waals surface area (Å²) in [7, 11) is 0. The number of aryl methyl sites for hydroxylation is 1. The van der Waals surface area contributed by atoms with Crippen LogP contribution in [0.1, 0.15) is 5.82 Å². The summed E-state index contributed by atoms with van der Waals surface area (Å²) in [5.41, 5.74) is 0.136. The van der Waals surface area contributed by atoms with Crippen LogP contribution in [0.4, 0.5) is 10.2 Å². The van der Waals surface area contributed by atoms with Crippen LogP contribution in [0.25, 0.3) is 10.9 Å². The van der Waals surface area contributed by atoms with Crippen molar-refractivity contribution in [2.24, 2.45) is 0 Å². The quantitative estimate of drug-likeness (QED) is 0.801. The molecule has 6 nitrogen and oxygen atoms in total. The fourth-order valence-electron chi connectivity index (χ4n) is 2.35. The third kappa shape index (κ3) is 2.76. The lowest BCUT2D eigenvalue weighted by Crippen LogP contribution is -2.33. The summed E-state index contributed by atoms with van der Waals surface area (Å²) in [6.45, 7) is 3.33. The lowest BCUT2D eigenvalue weighted by atomic mass is 10.2. The Morgan fingerprint density at radius 2 is 2.29 bits per heavy atom. The zero-order chi connectivity index (χ0) is 15.0. The summed E-state index contributed by atoms with van der Waals surface area (Å²) in [5.74, 6) is 0.302. The number of anilines is 1. The van der Waals surface area contributed by atoms with E-state index in [1.165, 1.54) is 6.20 Å². The maximum Gasteiger partial charge on any atom is 0.186 e. The molecule has 1 fully saturated rings. The van der Waals surface area contributed by atoms with Crippen molar-refractivity contribution >= 4 is 28.3 Å². The molecule has 8 heteroatoms. The highest BCUT2D eigenvalue weighted by atomic mass is 35.5. The van der Waals surface area contributed by atoms with Crippen LogP contribution in [0.5, 0.6) is 0 Å². The largest absolute Gasteiger partial charge is 0.389 e. The number of β-amino-alcohol motifs (C(OH)–C–C–N with tert-alkyl or cyclic N) is 1. The van der Waals surface area contributed by atoms with Crippen molar-refractivity contribution in [1.29, 1.82) is 0 Å². The number of nitrogens with zero attached hydrogens (tertiary/aromatic N) is 4. The van der Waals surface area contributed by atoms with Gasteiger partial charge >= 0.3 is 0 Å². The molecule has 0 bridgehead atoms. The van der Waals surface area contributed by atoms with E-state index in [2.05, 4.69) is 15.0 Å². The minimum atomic E-state index is -0.660. The molecule has 3 heterocycles. The van der Waals surface area contributed by atoms with Crippen molar-refractivity contribution < 1.29 is 14.2 Å². The number of pyridine rings is 1. The van der Waals surface area contributed by atoms with Gasteiger partial charge in [0.25, 0.3) is 0 Å². The van der Waals surface area contributed by atoms with E-state index >= 15 is 0 Å². The highest BCUT2D eigenvalue weighted by Gasteiger charge is 2.22. The van der Waals surface area contributed by atoms with Gasteiger partial charge in [0.15, 0.2) is 11.0 Å². The Labute approximate surface area is 125 Å². The van der Waals surface area contributed by atoms with Crippen molar-refractivity contribution in [2.45, 2.75) is 13.0 Å². The molecule has 1 saturated heterocycles. The molecule has 1 unspecified atom stereocenters. The normalized spacial score (nSPS) is 19.8. The summed E-state index contributed by atoms with van der Waals surface area (Å²) in [6.07, 6.45) is 0.830. The Morgan fingerprint density at radius 3 is 3.10 bits per heavy atom. The predicted octanol–water partition coefficient (Wildman–Crippen LogP) is 1.32. The molecule has 0 aliphatic carbocycles. The van der Waals surface area contributed by atoms with E-state index < -0.39 is 11.9 Å². The van der Waals surface area contributed by atoms with Gasteiger partial charge in [-0.2, -0.15) is 0 Å². The smallest absolute Gasteiger partial charge is 0.186 e. The third-order valence-electron chi connectivity index (χ3n) is 3.28. The fraction of sp³-hybridized carbons (Fsp3) is 0.462. The Bertz CT molecular complexity index is 685. The van der Waals surface area contributed by atoms with Crippen LogP contribution in [0.15, 0.2) is 6.20 Å². The molecule has 112 valence electrons. The van der Waals surface area contributed by atoms with E-state index in [1.807, 2.05) is 4.90 Å². The number of fused-ring (bicyclic) bond motifs is 1. The second-order valence-electron chi connectivity index (χ2n) is 4.89. The molecular formula is C13H14ClFN4O2. The average Bonchev–Trinajstić information content (AvgIpc) is 2.67. The SMILES string of the molecule is Cc1nc(N2CCOCC(O)C2)c2cnc(Cl)c(F)c2n1. The summed E-state index contributed by atoms with van der Waals surface area (Å²) >= 11 is 5.71. The molecule has 0 spiro atoms. The highest BCUT2D eigenvalue weighted by Crippen LogP contribution is 2.28. The first-order valence-corrected chi connectivity index (χ1v) is 6.93. The maximum absolute atomic E-state index is 14.1. The van der Waals surface area contributed by atoms with Gasteiger partial charge in [0.2, 0.25) is 0 Å². The number of hydrogen-bond donors (Lipinski definition) is 1. The first-order chi connectivity index (χ1) is 10.1. The number of aliphatic hydroxyl groups is 1. The lowest BCUT2D eigenvalue weighted by Gasteiger charge is -2.24. The second kappa shape index (κ2) is 5.67. The van der Waals surface area contributed by atoms with Crippen LogP contribution in [0, 0.1) is 12.7 Å². The molecule has 0 amide bonds.